The zero-order valence-electron chi connectivity index (χ0n) is 11.5. The number of likely N-dealkylation sites (tertiary alicyclic amines) is 1. The Morgan fingerprint density at radius 1 is 1.45 bits per heavy atom. The van der Waals surface area contributed by atoms with Crippen molar-refractivity contribution in [3.63, 3.8) is 0 Å². The minimum absolute atomic E-state index is 0.0185. The van der Waals surface area contributed by atoms with E-state index in [-0.39, 0.29) is 25.0 Å². The Kier molecular flexibility index (Phi) is 4.65. The summed E-state index contributed by atoms with van der Waals surface area (Å²) in [6.07, 6.45) is -0.0376. The van der Waals surface area contributed by atoms with E-state index in [4.69, 9.17) is 5.73 Å². The molecule has 3 unspecified atom stereocenters. The fourth-order valence-electron chi connectivity index (χ4n) is 2.92. The summed E-state index contributed by atoms with van der Waals surface area (Å²) in [5.41, 5.74) is 6.88. The normalized spacial score (nSPS) is 24.4. The van der Waals surface area contributed by atoms with Gasteiger partial charge >= 0.3 is 6.18 Å². The van der Waals surface area contributed by atoms with Crippen molar-refractivity contribution in [2.24, 2.45) is 11.7 Å². The van der Waals surface area contributed by atoms with E-state index in [1.807, 2.05) is 17.9 Å². The molecule has 1 fully saturated rings. The molecule has 0 radical (unpaired) electrons. The van der Waals surface area contributed by atoms with Gasteiger partial charge in [-0.15, -0.1) is 0 Å². The highest BCUT2D eigenvalue weighted by molar-refractivity contribution is 5.16. The predicted octanol–water partition coefficient (Wildman–Crippen LogP) is 2.74. The van der Waals surface area contributed by atoms with Crippen molar-refractivity contribution < 1.29 is 13.2 Å². The number of rotatable bonds is 3. The summed E-state index contributed by atoms with van der Waals surface area (Å²) in [5.74, 6) is -1.26. The molecular formula is C14H20F3N3. The largest absolute Gasteiger partial charge is 0.393 e. The highest BCUT2D eigenvalue weighted by Crippen LogP contribution is 2.36. The number of hydrogen-bond donors (Lipinski definition) is 1. The molecule has 0 aromatic carbocycles. The summed E-state index contributed by atoms with van der Waals surface area (Å²) in [6.45, 7) is 2.49. The van der Waals surface area contributed by atoms with Gasteiger partial charge in [0.15, 0.2) is 0 Å². The van der Waals surface area contributed by atoms with Gasteiger partial charge in [-0.1, -0.05) is 6.07 Å². The van der Waals surface area contributed by atoms with Crippen LogP contribution in [0, 0.1) is 5.92 Å². The number of nitrogens with zero attached hydrogens (tertiary/aromatic N) is 2. The van der Waals surface area contributed by atoms with Gasteiger partial charge < -0.3 is 5.73 Å². The molecule has 1 aromatic rings. The van der Waals surface area contributed by atoms with Crippen LogP contribution in [0.25, 0.3) is 0 Å². The fourth-order valence-corrected chi connectivity index (χ4v) is 2.92. The van der Waals surface area contributed by atoms with Crippen molar-refractivity contribution in [2.45, 2.75) is 38.0 Å². The van der Waals surface area contributed by atoms with Crippen LogP contribution in [0.4, 0.5) is 13.2 Å². The second kappa shape index (κ2) is 6.10. The van der Waals surface area contributed by atoms with Gasteiger partial charge in [-0.3, -0.25) is 9.88 Å². The summed E-state index contributed by atoms with van der Waals surface area (Å²) in [7, 11) is 0. The maximum atomic E-state index is 12.9. The SMILES string of the molecule is CC(N)C(c1cccnc1)N1CCCC(C(F)(F)F)C1. The average Bonchev–Trinajstić information content (AvgIpc) is 2.39. The molecule has 3 nitrogen and oxygen atoms in total. The van der Waals surface area contributed by atoms with Crippen LogP contribution in [0.1, 0.15) is 31.4 Å². The standard InChI is InChI=1S/C14H20F3N3/c1-10(18)13(11-4-2-6-19-8-11)20-7-3-5-12(9-20)14(15,16)17/h2,4,6,8,10,12-13H,3,5,7,9,18H2,1H3. The fraction of sp³-hybridized carbons (Fsp3) is 0.643. The number of nitrogens with two attached hydrogens (primary N) is 1. The van der Waals surface area contributed by atoms with Crippen LogP contribution >= 0.6 is 0 Å². The number of pyridine rings is 1. The third-order valence-corrected chi connectivity index (χ3v) is 3.83. The van der Waals surface area contributed by atoms with Crippen molar-refractivity contribution in [1.29, 1.82) is 0 Å². The third-order valence-electron chi connectivity index (χ3n) is 3.83. The van der Waals surface area contributed by atoms with Gasteiger partial charge in [0, 0.05) is 25.0 Å². The smallest absolute Gasteiger partial charge is 0.326 e. The van der Waals surface area contributed by atoms with Crippen LogP contribution in [-0.4, -0.2) is 35.2 Å². The summed E-state index contributed by atoms with van der Waals surface area (Å²) in [4.78, 5) is 5.90. The zero-order chi connectivity index (χ0) is 14.8. The number of aromatic nitrogens is 1. The van der Waals surface area contributed by atoms with Crippen molar-refractivity contribution in [3.05, 3.63) is 30.1 Å². The van der Waals surface area contributed by atoms with Gasteiger partial charge in [0.25, 0.3) is 0 Å². The molecule has 1 saturated heterocycles. The lowest BCUT2D eigenvalue weighted by molar-refractivity contribution is -0.189. The lowest BCUT2D eigenvalue weighted by atomic mass is 9.92. The molecule has 1 aliphatic rings. The van der Waals surface area contributed by atoms with E-state index in [1.54, 1.807) is 18.5 Å². The Morgan fingerprint density at radius 2 is 2.20 bits per heavy atom. The first-order chi connectivity index (χ1) is 9.39. The van der Waals surface area contributed by atoms with Crippen LogP contribution in [0.5, 0.6) is 0 Å². The zero-order valence-corrected chi connectivity index (χ0v) is 11.5. The number of piperidine rings is 1. The van der Waals surface area contributed by atoms with Crippen molar-refractivity contribution in [1.82, 2.24) is 9.88 Å². The first kappa shape index (κ1) is 15.3. The van der Waals surface area contributed by atoms with Crippen molar-refractivity contribution >= 4 is 0 Å². The molecule has 6 heteroatoms. The highest BCUT2D eigenvalue weighted by Gasteiger charge is 2.43. The number of alkyl halides is 3. The molecule has 2 rings (SSSR count). The molecule has 0 bridgehead atoms. The van der Waals surface area contributed by atoms with E-state index in [0.717, 1.165) is 5.56 Å². The average molecular weight is 287 g/mol. The quantitative estimate of drug-likeness (QED) is 0.929. The molecular weight excluding hydrogens is 267 g/mol. The van der Waals surface area contributed by atoms with Crippen LogP contribution in [0.15, 0.2) is 24.5 Å². The molecule has 0 aliphatic carbocycles. The van der Waals surface area contributed by atoms with Crippen LogP contribution in [-0.2, 0) is 0 Å². The Hall–Kier alpha value is -1.14. The molecule has 2 N–H and O–H groups in total. The predicted molar refractivity (Wildman–Crippen MR) is 71.0 cm³/mol. The lowest BCUT2D eigenvalue weighted by Gasteiger charge is -2.40. The number of hydrogen-bond acceptors (Lipinski definition) is 3. The lowest BCUT2D eigenvalue weighted by Crippen LogP contribution is -2.47. The summed E-state index contributed by atoms with van der Waals surface area (Å²) < 4.78 is 38.7. The summed E-state index contributed by atoms with van der Waals surface area (Å²) in [5, 5.41) is 0. The van der Waals surface area contributed by atoms with Crippen LogP contribution < -0.4 is 5.73 Å². The van der Waals surface area contributed by atoms with Gasteiger partial charge in [0.05, 0.1) is 12.0 Å². The molecule has 0 spiro atoms. The number of halogens is 3. The van der Waals surface area contributed by atoms with Crippen molar-refractivity contribution in [2.75, 3.05) is 13.1 Å². The van der Waals surface area contributed by atoms with Crippen molar-refractivity contribution in [3.8, 4) is 0 Å². The Morgan fingerprint density at radius 3 is 2.75 bits per heavy atom. The van der Waals surface area contributed by atoms with Gasteiger partial charge in [-0.25, -0.2) is 0 Å². The second-order valence-corrected chi connectivity index (χ2v) is 5.47. The molecule has 3 atom stereocenters. The molecule has 1 aromatic heterocycles. The van der Waals surface area contributed by atoms with Crippen LogP contribution in [0.3, 0.4) is 0 Å². The molecule has 2 heterocycles. The van der Waals surface area contributed by atoms with E-state index in [2.05, 4.69) is 4.98 Å². The summed E-state index contributed by atoms with van der Waals surface area (Å²) in [6, 6.07) is 3.20. The van der Waals surface area contributed by atoms with Gasteiger partial charge in [0.1, 0.15) is 0 Å². The Balaban J connectivity index is 2.18. The van der Waals surface area contributed by atoms with E-state index >= 15 is 0 Å². The molecule has 0 amide bonds. The van der Waals surface area contributed by atoms with E-state index < -0.39 is 12.1 Å². The minimum Gasteiger partial charge on any atom is -0.326 e. The maximum Gasteiger partial charge on any atom is 0.393 e. The Labute approximate surface area is 117 Å². The summed E-state index contributed by atoms with van der Waals surface area (Å²) >= 11 is 0. The molecule has 20 heavy (non-hydrogen) atoms. The molecule has 0 saturated carbocycles. The molecule has 1 aliphatic heterocycles. The highest BCUT2D eigenvalue weighted by atomic mass is 19.4. The maximum absolute atomic E-state index is 12.9. The Bertz CT molecular complexity index is 419. The van der Waals surface area contributed by atoms with E-state index in [1.165, 1.54) is 0 Å². The van der Waals surface area contributed by atoms with E-state index in [0.29, 0.717) is 13.0 Å². The first-order valence-electron chi connectivity index (χ1n) is 6.86. The first-order valence-corrected chi connectivity index (χ1v) is 6.86. The van der Waals surface area contributed by atoms with Gasteiger partial charge in [-0.2, -0.15) is 13.2 Å². The monoisotopic (exact) mass is 287 g/mol. The topological polar surface area (TPSA) is 42.1 Å². The van der Waals surface area contributed by atoms with Crippen LogP contribution in [0.2, 0.25) is 0 Å². The van der Waals surface area contributed by atoms with E-state index in [9.17, 15) is 13.2 Å². The van der Waals surface area contributed by atoms with Gasteiger partial charge in [-0.05, 0) is 37.9 Å². The minimum atomic E-state index is -4.13. The molecule has 112 valence electrons. The third kappa shape index (κ3) is 3.49. The van der Waals surface area contributed by atoms with Gasteiger partial charge in [0.2, 0.25) is 0 Å². The second-order valence-electron chi connectivity index (χ2n) is 5.47.